The summed E-state index contributed by atoms with van der Waals surface area (Å²) >= 11 is 1.78. The van der Waals surface area contributed by atoms with E-state index < -0.39 is 34.4 Å². The van der Waals surface area contributed by atoms with E-state index in [1.165, 1.54) is 38.2 Å². The maximum Gasteiger partial charge on any atom is 0.394 e. The first-order valence-corrected chi connectivity index (χ1v) is 15.8. The molecule has 4 aliphatic carbocycles. The Bertz CT molecular complexity index is 1510. The third-order valence-corrected chi connectivity index (χ3v) is 11.6. The molecule has 2 bridgehead atoms. The highest BCUT2D eigenvalue weighted by molar-refractivity contribution is 7.99. The number of hydrogen-bond acceptors (Lipinski definition) is 3. The van der Waals surface area contributed by atoms with Crippen LogP contribution in [-0.4, -0.2) is 29.5 Å². The van der Waals surface area contributed by atoms with Gasteiger partial charge in [-0.25, -0.2) is 9.18 Å². The van der Waals surface area contributed by atoms with E-state index >= 15 is 0 Å². The van der Waals surface area contributed by atoms with Crippen molar-refractivity contribution in [1.29, 1.82) is 0 Å². The third kappa shape index (κ3) is 4.43. The molecular weight excluding hydrogens is 562 g/mol. The molecule has 0 spiro atoms. The lowest BCUT2D eigenvalue weighted by molar-refractivity contribution is -0.336. The summed E-state index contributed by atoms with van der Waals surface area (Å²) < 4.78 is 56.2. The van der Waals surface area contributed by atoms with Gasteiger partial charge >= 0.3 is 12.1 Å². The first-order valence-electron chi connectivity index (χ1n) is 14.8. The predicted molar refractivity (Wildman–Crippen MR) is 157 cm³/mol. The van der Waals surface area contributed by atoms with Crippen molar-refractivity contribution in [2.24, 2.45) is 17.3 Å². The molecule has 1 aliphatic heterocycles. The monoisotopic (exact) mass is 595 g/mol. The smallest absolute Gasteiger partial charge is 0.394 e. The summed E-state index contributed by atoms with van der Waals surface area (Å²) in [4.78, 5) is 15.2. The third-order valence-electron chi connectivity index (χ3n) is 10.4. The summed E-state index contributed by atoms with van der Waals surface area (Å²) in [5.41, 5.74) is 1.41. The number of para-hydroxylation sites is 1. The van der Waals surface area contributed by atoms with Crippen LogP contribution in [0.1, 0.15) is 67.3 Å². The molecule has 8 rings (SSSR count). The number of hydrogen-bond donors (Lipinski definition) is 1. The average molecular weight is 596 g/mol. The van der Waals surface area contributed by atoms with Crippen LogP contribution >= 0.6 is 11.8 Å². The first-order chi connectivity index (χ1) is 20.1. The number of halogens is 4. The summed E-state index contributed by atoms with van der Waals surface area (Å²) in [6.45, 7) is 0.840. The van der Waals surface area contributed by atoms with E-state index in [0.29, 0.717) is 23.0 Å². The number of alkyl halides is 3. The summed E-state index contributed by atoms with van der Waals surface area (Å²) in [6.07, 6.45) is 2.07. The van der Waals surface area contributed by atoms with Crippen LogP contribution < -0.4 is 4.90 Å². The number of carboxylic acid groups (broad SMARTS) is 1. The Morgan fingerprint density at radius 2 is 1.64 bits per heavy atom. The maximum absolute atomic E-state index is 14.4. The van der Waals surface area contributed by atoms with Crippen LogP contribution in [0, 0.1) is 23.1 Å². The summed E-state index contributed by atoms with van der Waals surface area (Å²) in [6, 6.07) is 18.3. The van der Waals surface area contributed by atoms with Gasteiger partial charge in [-0.1, -0.05) is 56.4 Å². The molecule has 0 aromatic heterocycles. The van der Waals surface area contributed by atoms with Crippen LogP contribution in [0.2, 0.25) is 0 Å². The molecular formula is C34H33F4NO2S. The van der Waals surface area contributed by atoms with Gasteiger partial charge in [-0.2, -0.15) is 13.2 Å². The van der Waals surface area contributed by atoms with Crippen molar-refractivity contribution in [2.75, 3.05) is 17.2 Å². The zero-order chi connectivity index (χ0) is 29.3. The number of aromatic carboxylic acids is 1. The number of rotatable bonds is 5. The molecule has 4 fully saturated rings. The van der Waals surface area contributed by atoms with Gasteiger partial charge in [-0.05, 0) is 89.6 Å². The standard InChI is InChI=1S/C34H33F4NO2S/c35-28-12-11-22(13-26(28)31(40)41)25-14-30-29(15-27(25)32-18-33(19-32,20-32)34(36,37)38)39(24-9-5-2-6-10-24)16-23(17-42-30)21-7-3-1-4-8-21/h2,5-6,9-15,21,23H,1,3-4,7-8,16-20H2,(H,40,41). The van der Waals surface area contributed by atoms with Crippen LogP contribution in [0.25, 0.3) is 11.1 Å². The number of carbonyl (C=O) groups is 1. The van der Waals surface area contributed by atoms with Crippen molar-refractivity contribution in [2.45, 2.75) is 67.9 Å². The Morgan fingerprint density at radius 3 is 2.31 bits per heavy atom. The van der Waals surface area contributed by atoms with Crippen LogP contribution in [0.4, 0.5) is 28.9 Å². The fraction of sp³-hybridized carbons (Fsp3) is 0.441. The number of fused-ring (bicyclic) bond motifs is 1. The van der Waals surface area contributed by atoms with Crippen LogP contribution in [0.5, 0.6) is 0 Å². The molecule has 5 aliphatic rings. The van der Waals surface area contributed by atoms with Crippen molar-refractivity contribution in [3.8, 4) is 11.1 Å². The van der Waals surface area contributed by atoms with Gasteiger partial charge in [0.15, 0.2) is 0 Å². The van der Waals surface area contributed by atoms with Gasteiger partial charge in [0, 0.05) is 22.9 Å². The molecule has 0 radical (unpaired) electrons. The Hall–Kier alpha value is -3.00. The van der Waals surface area contributed by atoms with Crippen LogP contribution in [0.3, 0.4) is 0 Å². The van der Waals surface area contributed by atoms with Crippen molar-refractivity contribution in [3.05, 3.63) is 77.6 Å². The highest BCUT2D eigenvalue weighted by Gasteiger charge is 2.78. The van der Waals surface area contributed by atoms with Gasteiger partial charge in [-0.3, -0.25) is 0 Å². The van der Waals surface area contributed by atoms with Gasteiger partial charge in [-0.15, -0.1) is 11.8 Å². The number of nitrogens with zero attached hydrogens (tertiary/aromatic N) is 1. The fourth-order valence-corrected chi connectivity index (χ4v) is 9.42. The normalized spacial score (nSPS) is 27.4. The molecule has 1 unspecified atom stereocenters. The topological polar surface area (TPSA) is 40.5 Å². The van der Waals surface area contributed by atoms with Gasteiger partial charge < -0.3 is 10.0 Å². The second-order valence-electron chi connectivity index (χ2n) is 12.9. The Labute approximate surface area is 247 Å². The summed E-state index contributed by atoms with van der Waals surface area (Å²) in [7, 11) is 0. The van der Waals surface area contributed by atoms with Crippen LogP contribution in [-0.2, 0) is 5.41 Å². The average Bonchev–Trinajstić information content (AvgIpc) is 3.11. The van der Waals surface area contributed by atoms with Crippen molar-refractivity contribution in [1.82, 2.24) is 0 Å². The van der Waals surface area contributed by atoms with Gasteiger partial charge in [0.05, 0.1) is 16.7 Å². The maximum atomic E-state index is 14.4. The number of benzene rings is 3. The summed E-state index contributed by atoms with van der Waals surface area (Å²) in [5, 5.41) is 9.62. The molecule has 4 saturated carbocycles. The Balaban J connectivity index is 1.37. The van der Waals surface area contributed by atoms with Gasteiger partial charge in [0.2, 0.25) is 0 Å². The highest BCUT2D eigenvalue weighted by atomic mass is 32.2. The van der Waals surface area contributed by atoms with Crippen molar-refractivity contribution >= 4 is 29.1 Å². The van der Waals surface area contributed by atoms with E-state index in [1.54, 1.807) is 17.8 Å². The Kier molecular flexibility index (Phi) is 6.64. The molecule has 3 nitrogen and oxygen atoms in total. The van der Waals surface area contributed by atoms with Crippen LogP contribution in [0.15, 0.2) is 65.6 Å². The molecule has 1 N–H and O–H groups in total. The highest BCUT2D eigenvalue weighted by Crippen LogP contribution is 2.79. The lowest BCUT2D eigenvalue weighted by Crippen LogP contribution is -2.70. The predicted octanol–water partition coefficient (Wildman–Crippen LogP) is 9.62. The van der Waals surface area contributed by atoms with Crippen molar-refractivity contribution in [3.63, 3.8) is 0 Å². The van der Waals surface area contributed by atoms with E-state index in [1.807, 2.05) is 24.3 Å². The zero-order valence-corrected chi connectivity index (χ0v) is 24.0. The molecule has 8 heteroatoms. The molecule has 220 valence electrons. The van der Waals surface area contributed by atoms with Crippen molar-refractivity contribution < 1.29 is 27.5 Å². The Morgan fingerprint density at radius 1 is 0.929 bits per heavy atom. The quantitative estimate of drug-likeness (QED) is 0.298. The minimum absolute atomic E-state index is 0.0332. The first kappa shape index (κ1) is 27.8. The number of carboxylic acids is 1. The molecule has 3 aromatic rings. The second kappa shape index (κ2) is 10.0. The SMILES string of the molecule is O=C(O)c1cc(-c2cc3c(cc2C24CC(C(F)(F)F)(C2)C4)N(c2ccccc2)CC(C2CCCCC2)CS3)ccc1F. The minimum atomic E-state index is -4.24. The molecule has 42 heavy (non-hydrogen) atoms. The van der Waals surface area contributed by atoms with E-state index in [0.717, 1.165) is 40.2 Å². The molecule has 3 aromatic carbocycles. The number of thioether (sulfide) groups is 1. The zero-order valence-electron chi connectivity index (χ0n) is 23.2. The summed E-state index contributed by atoms with van der Waals surface area (Å²) in [5.74, 6) is -0.171. The van der Waals surface area contributed by atoms with E-state index in [2.05, 4.69) is 23.1 Å². The molecule has 1 atom stereocenters. The fourth-order valence-electron chi connectivity index (χ4n) is 8.13. The lowest BCUT2D eigenvalue weighted by atomic mass is 9.33. The largest absolute Gasteiger partial charge is 0.478 e. The van der Waals surface area contributed by atoms with Gasteiger partial charge in [0.1, 0.15) is 5.82 Å². The van der Waals surface area contributed by atoms with E-state index in [9.17, 15) is 27.5 Å². The number of anilines is 2. The van der Waals surface area contributed by atoms with Gasteiger partial charge in [0.25, 0.3) is 0 Å². The second-order valence-corrected chi connectivity index (χ2v) is 13.9. The molecule has 1 heterocycles. The van der Waals surface area contributed by atoms with E-state index in [4.69, 9.17) is 0 Å². The van der Waals surface area contributed by atoms with E-state index in [-0.39, 0.29) is 19.3 Å². The minimum Gasteiger partial charge on any atom is -0.478 e. The molecule has 0 amide bonds. The lowest BCUT2D eigenvalue weighted by Gasteiger charge is -2.71. The molecule has 0 saturated heterocycles.